The molecule has 0 aliphatic heterocycles. The summed E-state index contributed by atoms with van der Waals surface area (Å²) in [7, 11) is 0. The van der Waals surface area contributed by atoms with Crippen LogP contribution >= 0.6 is 11.6 Å². The zero-order valence-corrected chi connectivity index (χ0v) is 16.1. The summed E-state index contributed by atoms with van der Waals surface area (Å²) in [5.74, 6) is -0.198. The highest BCUT2D eigenvalue weighted by atomic mass is 35.5. The Morgan fingerprint density at radius 3 is 2.27 bits per heavy atom. The van der Waals surface area contributed by atoms with Crippen molar-refractivity contribution in [2.75, 3.05) is 30.3 Å². The number of anilines is 2. The largest absolute Gasteiger partial charge is 0.375 e. The number of nitrogens with zero attached hydrogens (tertiary/aromatic N) is 1. The fourth-order valence-corrected chi connectivity index (χ4v) is 2.91. The highest BCUT2D eigenvalue weighted by molar-refractivity contribution is 6.33. The molecule has 0 aliphatic rings. The Bertz CT molecular complexity index is 751. The van der Waals surface area contributed by atoms with Crippen molar-refractivity contribution < 1.29 is 9.59 Å². The molecule has 5 nitrogen and oxygen atoms in total. The van der Waals surface area contributed by atoms with E-state index in [1.165, 1.54) is 0 Å². The van der Waals surface area contributed by atoms with Gasteiger partial charge in [0.2, 0.25) is 5.91 Å². The molecule has 2 aromatic rings. The minimum Gasteiger partial charge on any atom is -0.375 e. The number of hydrogen-bond donors (Lipinski definition) is 2. The van der Waals surface area contributed by atoms with E-state index >= 15 is 0 Å². The van der Waals surface area contributed by atoms with E-state index < -0.39 is 0 Å². The lowest BCUT2D eigenvalue weighted by molar-refractivity contribution is -0.114. The Morgan fingerprint density at radius 2 is 1.69 bits per heavy atom. The van der Waals surface area contributed by atoms with Crippen molar-refractivity contribution in [3.05, 3.63) is 58.6 Å². The number of amides is 2. The highest BCUT2D eigenvalue weighted by Crippen LogP contribution is 2.24. The molecule has 0 aromatic heterocycles. The number of benzene rings is 2. The van der Waals surface area contributed by atoms with Gasteiger partial charge in [-0.25, -0.2) is 0 Å². The molecule has 0 unspecified atom stereocenters. The Hall–Kier alpha value is -2.53. The molecule has 6 heteroatoms. The lowest BCUT2D eigenvalue weighted by atomic mass is 10.1. The maximum absolute atomic E-state index is 12.3. The van der Waals surface area contributed by atoms with Crippen LogP contribution in [0.3, 0.4) is 0 Å². The average molecular weight is 374 g/mol. The third-order valence-electron chi connectivity index (χ3n) is 4.11. The van der Waals surface area contributed by atoms with Gasteiger partial charge in [0.1, 0.15) is 0 Å². The van der Waals surface area contributed by atoms with E-state index in [-0.39, 0.29) is 18.4 Å². The smallest absolute Gasteiger partial charge is 0.253 e. The molecule has 0 fully saturated rings. The number of nitrogens with one attached hydrogen (secondary N) is 2. The minimum absolute atomic E-state index is 0.0104. The van der Waals surface area contributed by atoms with E-state index in [2.05, 4.69) is 10.6 Å². The van der Waals surface area contributed by atoms with Crippen molar-refractivity contribution in [1.29, 1.82) is 0 Å². The topological polar surface area (TPSA) is 61.4 Å². The predicted molar refractivity (Wildman–Crippen MR) is 107 cm³/mol. The molecule has 138 valence electrons. The molecule has 0 bridgehead atoms. The molecule has 0 heterocycles. The van der Waals surface area contributed by atoms with Crippen LogP contribution in [0.25, 0.3) is 0 Å². The Balaban J connectivity index is 1.94. The van der Waals surface area contributed by atoms with Crippen LogP contribution in [-0.4, -0.2) is 36.3 Å². The second-order valence-electron chi connectivity index (χ2n) is 5.89. The summed E-state index contributed by atoms with van der Waals surface area (Å²) in [5, 5.41) is 6.44. The van der Waals surface area contributed by atoms with Gasteiger partial charge in [-0.3, -0.25) is 9.59 Å². The normalized spacial score (nSPS) is 10.3. The Labute approximate surface area is 159 Å². The summed E-state index contributed by atoms with van der Waals surface area (Å²) in [4.78, 5) is 26.2. The first-order valence-corrected chi connectivity index (χ1v) is 9.02. The van der Waals surface area contributed by atoms with E-state index in [0.717, 1.165) is 11.3 Å². The third kappa shape index (κ3) is 4.99. The van der Waals surface area contributed by atoms with Crippen molar-refractivity contribution >= 4 is 34.8 Å². The number of halogens is 1. The molecule has 2 N–H and O–H groups in total. The average Bonchev–Trinajstić information content (AvgIpc) is 2.63. The molecule has 0 saturated carbocycles. The van der Waals surface area contributed by atoms with E-state index in [1.54, 1.807) is 35.2 Å². The van der Waals surface area contributed by atoms with Gasteiger partial charge in [0, 0.05) is 24.3 Å². The number of hydrogen-bond acceptors (Lipinski definition) is 3. The summed E-state index contributed by atoms with van der Waals surface area (Å²) in [6.07, 6.45) is 0. The lowest BCUT2D eigenvalue weighted by Gasteiger charge is -2.18. The van der Waals surface area contributed by atoms with Gasteiger partial charge in [-0.2, -0.15) is 0 Å². The van der Waals surface area contributed by atoms with Crippen molar-refractivity contribution in [3.8, 4) is 0 Å². The van der Waals surface area contributed by atoms with Gasteiger partial charge in [-0.1, -0.05) is 23.7 Å². The molecular formula is C20H24ClN3O2. The maximum Gasteiger partial charge on any atom is 0.253 e. The Kier molecular flexibility index (Phi) is 7.04. The van der Waals surface area contributed by atoms with Crippen LogP contribution in [0.5, 0.6) is 0 Å². The van der Waals surface area contributed by atoms with E-state index in [9.17, 15) is 9.59 Å². The SMILES string of the molecule is CCN(CC)C(=O)c1ccc(NC(=O)CNc2c(C)cccc2Cl)cc1. The summed E-state index contributed by atoms with van der Waals surface area (Å²) in [5.41, 5.74) is 2.98. The third-order valence-corrected chi connectivity index (χ3v) is 4.43. The van der Waals surface area contributed by atoms with Crippen LogP contribution in [0.4, 0.5) is 11.4 Å². The molecule has 26 heavy (non-hydrogen) atoms. The number of carbonyl (C=O) groups is 2. The van der Waals surface area contributed by atoms with Gasteiger partial charge >= 0.3 is 0 Å². The van der Waals surface area contributed by atoms with E-state index in [4.69, 9.17) is 11.6 Å². The summed E-state index contributed by atoms with van der Waals surface area (Å²) < 4.78 is 0. The van der Waals surface area contributed by atoms with Gasteiger partial charge in [0.05, 0.1) is 17.3 Å². The fourth-order valence-electron chi connectivity index (χ4n) is 2.62. The zero-order chi connectivity index (χ0) is 19.1. The number of carbonyl (C=O) groups excluding carboxylic acids is 2. The minimum atomic E-state index is -0.188. The Morgan fingerprint density at radius 1 is 1.04 bits per heavy atom. The molecule has 2 aromatic carbocycles. The van der Waals surface area contributed by atoms with Crippen molar-refractivity contribution in [2.45, 2.75) is 20.8 Å². The molecule has 0 radical (unpaired) electrons. The molecular weight excluding hydrogens is 350 g/mol. The van der Waals surface area contributed by atoms with Gasteiger partial charge in [-0.15, -0.1) is 0 Å². The molecule has 0 atom stereocenters. The molecule has 0 aliphatic carbocycles. The maximum atomic E-state index is 12.3. The standard InChI is InChI=1S/C20H24ClN3O2/c1-4-24(5-2)20(26)15-9-11-16(12-10-15)23-18(25)13-22-19-14(3)7-6-8-17(19)21/h6-12,22H,4-5,13H2,1-3H3,(H,23,25). The second kappa shape index (κ2) is 9.25. The van der Waals surface area contributed by atoms with Gasteiger partial charge in [0.25, 0.3) is 5.91 Å². The zero-order valence-electron chi connectivity index (χ0n) is 15.3. The summed E-state index contributed by atoms with van der Waals surface area (Å²) in [6, 6.07) is 12.5. The lowest BCUT2D eigenvalue weighted by Crippen LogP contribution is -2.30. The van der Waals surface area contributed by atoms with Crippen molar-refractivity contribution in [2.24, 2.45) is 0 Å². The first kappa shape index (κ1) is 19.8. The van der Waals surface area contributed by atoms with Crippen molar-refractivity contribution in [1.82, 2.24) is 4.90 Å². The fraction of sp³-hybridized carbons (Fsp3) is 0.300. The van der Waals surface area contributed by atoms with Crippen LogP contribution in [0.2, 0.25) is 5.02 Å². The number of rotatable bonds is 7. The van der Waals surface area contributed by atoms with Crippen LogP contribution in [0, 0.1) is 6.92 Å². The number of para-hydroxylation sites is 1. The summed E-state index contributed by atoms with van der Waals surface area (Å²) in [6.45, 7) is 7.26. The predicted octanol–water partition coefficient (Wildman–Crippen LogP) is 4.18. The van der Waals surface area contributed by atoms with Gasteiger partial charge in [0.15, 0.2) is 0 Å². The van der Waals surface area contributed by atoms with E-state index in [0.29, 0.717) is 29.4 Å². The quantitative estimate of drug-likeness (QED) is 0.765. The van der Waals surface area contributed by atoms with Crippen LogP contribution in [0.15, 0.2) is 42.5 Å². The molecule has 0 saturated heterocycles. The molecule has 2 rings (SSSR count). The van der Waals surface area contributed by atoms with Crippen LogP contribution < -0.4 is 10.6 Å². The van der Waals surface area contributed by atoms with E-state index in [1.807, 2.05) is 32.9 Å². The summed E-state index contributed by atoms with van der Waals surface area (Å²) >= 11 is 6.14. The van der Waals surface area contributed by atoms with Crippen LogP contribution in [-0.2, 0) is 4.79 Å². The number of aryl methyl sites for hydroxylation is 1. The van der Waals surface area contributed by atoms with Crippen molar-refractivity contribution in [3.63, 3.8) is 0 Å². The molecule has 0 spiro atoms. The van der Waals surface area contributed by atoms with Gasteiger partial charge in [-0.05, 0) is 56.7 Å². The van der Waals surface area contributed by atoms with Crippen LogP contribution in [0.1, 0.15) is 29.8 Å². The molecule has 2 amide bonds. The van der Waals surface area contributed by atoms with Gasteiger partial charge < -0.3 is 15.5 Å². The first-order chi connectivity index (χ1) is 12.5. The monoisotopic (exact) mass is 373 g/mol. The first-order valence-electron chi connectivity index (χ1n) is 8.64. The highest BCUT2D eigenvalue weighted by Gasteiger charge is 2.12. The second-order valence-corrected chi connectivity index (χ2v) is 6.30.